The quantitative estimate of drug-likeness (QED) is 0.805. The van der Waals surface area contributed by atoms with Crippen LogP contribution >= 0.6 is 0 Å². The van der Waals surface area contributed by atoms with E-state index < -0.39 is 5.97 Å². The van der Waals surface area contributed by atoms with Crippen LogP contribution in [0.5, 0.6) is 0 Å². The molecular formula is C15H25N3O3. The van der Waals surface area contributed by atoms with Gasteiger partial charge in [0.15, 0.2) is 5.82 Å². The molecule has 0 aromatic carbocycles. The molecule has 1 rings (SSSR count). The minimum atomic E-state index is -0.768. The molecule has 0 saturated heterocycles. The molecule has 0 radical (unpaired) electrons. The van der Waals surface area contributed by atoms with E-state index in [1.54, 1.807) is 19.4 Å². The zero-order valence-corrected chi connectivity index (χ0v) is 13.2. The summed E-state index contributed by atoms with van der Waals surface area (Å²) in [5.74, 6) is -0.157. The molecule has 0 spiro atoms. The number of aromatic nitrogens is 2. The first-order chi connectivity index (χ1) is 9.71. The number of aryl methyl sites for hydroxylation is 1. The van der Waals surface area contributed by atoms with Gasteiger partial charge in [-0.15, -0.1) is 0 Å². The Bertz CT molecular complexity index is 532. The van der Waals surface area contributed by atoms with Gasteiger partial charge in [-0.25, -0.2) is 4.98 Å². The van der Waals surface area contributed by atoms with Crippen LogP contribution in [0.4, 0.5) is 5.82 Å². The molecule has 1 heterocycles. The maximum absolute atomic E-state index is 11.8. The van der Waals surface area contributed by atoms with E-state index in [1.165, 1.54) is 4.57 Å². The Morgan fingerprint density at radius 2 is 2.10 bits per heavy atom. The van der Waals surface area contributed by atoms with Gasteiger partial charge in [0.1, 0.15) is 0 Å². The standard InChI is InChI=1S/C15H25N3O3/c1-15(2,3)11(5-6-12(19)20)7-8-16-13-14(21)18(4)10-9-17-13/h9-11H,5-8H2,1-4H3,(H,16,17)(H,19,20). The monoisotopic (exact) mass is 295 g/mol. The third-order valence-corrected chi connectivity index (χ3v) is 3.73. The predicted molar refractivity (Wildman–Crippen MR) is 82.4 cm³/mol. The van der Waals surface area contributed by atoms with Crippen molar-refractivity contribution in [3.8, 4) is 0 Å². The lowest BCUT2D eigenvalue weighted by Gasteiger charge is -2.30. The summed E-state index contributed by atoms with van der Waals surface area (Å²) in [6, 6.07) is 0. The van der Waals surface area contributed by atoms with Gasteiger partial charge in [-0.3, -0.25) is 9.59 Å². The van der Waals surface area contributed by atoms with Crippen LogP contribution in [0.2, 0.25) is 0 Å². The number of nitrogens with zero attached hydrogens (tertiary/aromatic N) is 2. The van der Waals surface area contributed by atoms with Crippen molar-refractivity contribution in [2.45, 2.75) is 40.0 Å². The number of anilines is 1. The van der Waals surface area contributed by atoms with Gasteiger partial charge < -0.3 is 15.0 Å². The average Bonchev–Trinajstić information content (AvgIpc) is 2.36. The SMILES string of the molecule is Cn1ccnc(NCCC(CCC(=O)O)C(C)(C)C)c1=O. The molecule has 0 fully saturated rings. The van der Waals surface area contributed by atoms with Gasteiger partial charge in [-0.1, -0.05) is 20.8 Å². The minimum Gasteiger partial charge on any atom is -0.481 e. The second-order valence-electron chi connectivity index (χ2n) is 6.40. The molecule has 21 heavy (non-hydrogen) atoms. The van der Waals surface area contributed by atoms with Gasteiger partial charge >= 0.3 is 5.97 Å². The fourth-order valence-corrected chi connectivity index (χ4v) is 2.29. The van der Waals surface area contributed by atoms with E-state index in [2.05, 4.69) is 31.1 Å². The number of rotatable bonds is 7. The summed E-state index contributed by atoms with van der Waals surface area (Å²) in [5.41, 5.74) is -0.123. The van der Waals surface area contributed by atoms with Crippen molar-refractivity contribution in [1.29, 1.82) is 0 Å². The summed E-state index contributed by atoms with van der Waals surface area (Å²) in [4.78, 5) is 26.6. The van der Waals surface area contributed by atoms with Crippen LogP contribution in [0.1, 0.15) is 40.0 Å². The van der Waals surface area contributed by atoms with E-state index in [9.17, 15) is 9.59 Å². The van der Waals surface area contributed by atoms with Crippen molar-refractivity contribution in [2.24, 2.45) is 18.4 Å². The smallest absolute Gasteiger partial charge is 0.303 e. The number of hydrogen-bond donors (Lipinski definition) is 2. The molecule has 0 aliphatic rings. The van der Waals surface area contributed by atoms with Gasteiger partial charge in [0.05, 0.1) is 0 Å². The molecule has 1 atom stereocenters. The Balaban J connectivity index is 2.59. The zero-order valence-electron chi connectivity index (χ0n) is 13.2. The molecular weight excluding hydrogens is 270 g/mol. The molecule has 0 aliphatic carbocycles. The van der Waals surface area contributed by atoms with Gasteiger partial charge in [0.2, 0.25) is 0 Å². The Hall–Kier alpha value is -1.85. The van der Waals surface area contributed by atoms with Crippen molar-refractivity contribution in [1.82, 2.24) is 9.55 Å². The molecule has 0 amide bonds. The van der Waals surface area contributed by atoms with Crippen molar-refractivity contribution < 1.29 is 9.90 Å². The lowest BCUT2D eigenvalue weighted by Crippen LogP contribution is -2.26. The number of nitrogens with one attached hydrogen (secondary N) is 1. The fraction of sp³-hybridized carbons (Fsp3) is 0.667. The van der Waals surface area contributed by atoms with Crippen molar-refractivity contribution in [3.05, 3.63) is 22.7 Å². The maximum atomic E-state index is 11.8. The summed E-state index contributed by atoms with van der Waals surface area (Å²) in [6.07, 6.45) is 4.80. The van der Waals surface area contributed by atoms with Crippen molar-refractivity contribution in [3.63, 3.8) is 0 Å². The van der Waals surface area contributed by atoms with Crippen LogP contribution in [0.3, 0.4) is 0 Å². The second kappa shape index (κ2) is 7.24. The molecule has 1 aromatic rings. The maximum Gasteiger partial charge on any atom is 0.303 e. The van der Waals surface area contributed by atoms with E-state index in [-0.39, 0.29) is 23.3 Å². The largest absolute Gasteiger partial charge is 0.481 e. The van der Waals surface area contributed by atoms with Crippen LogP contribution < -0.4 is 10.9 Å². The highest BCUT2D eigenvalue weighted by molar-refractivity contribution is 5.66. The first kappa shape index (κ1) is 17.2. The Labute approximate surface area is 125 Å². The van der Waals surface area contributed by atoms with E-state index in [1.807, 2.05) is 0 Å². The Kier molecular flexibility index (Phi) is 5.93. The lowest BCUT2D eigenvalue weighted by molar-refractivity contribution is -0.137. The summed E-state index contributed by atoms with van der Waals surface area (Å²) in [5, 5.41) is 11.9. The predicted octanol–water partition coefficient (Wildman–Crippen LogP) is 2.11. The normalized spacial score (nSPS) is 13.0. The minimum absolute atomic E-state index is 0.0339. The Morgan fingerprint density at radius 1 is 1.43 bits per heavy atom. The number of carboxylic acids is 1. The van der Waals surface area contributed by atoms with Crippen LogP contribution in [0.25, 0.3) is 0 Å². The molecule has 0 saturated carbocycles. The number of hydrogen-bond acceptors (Lipinski definition) is 4. The van der Waals surface area contributed by atoms with Gasteiger partial charge in [-0.2, -0.15) is 0 Å². The summed E-state index contributed by atoms with van der Waals surface area (Å²) < 4.78 is 1.47. The second-order valence-corrected chi connectivity index (χ2v) is 6.40. The molecule has 6 heteroatoms. The molecule has 2 N–H and O–H groups in total. The molecule has 0 aliphatic heterocycles. The van der Waals surface area contributed by atoms with E-state index in [0.717, 1.165) is 6.42 Å². The molecule has 1 aromatic heterocycles. The van der Waals surface area contributed by atoms with E-state index >= 15 is 0 Å². The highest BCUT2D eigenvalue weighted by Crippen LogP contribution is 2.32. The van der Waals surface area contributed by atoms with Gasteiger partial charge in [0, 0.05) is 32.4 Å². The molecule has 0 bridgehead atoms. The highest BCUT2D eigenvalue weighted by atomic mass is 16.4. The number of carboxylic acid groups (broad SMARTS) is 1. The zero-order chi connectivity index (χ0) is 16.0. The summed E-state index contributed by atoms with van der Waals surface area (Å²) in [7, 11) is 1.68. The van der Waals surface area contributed by atoms with Gasteiger partial charge in [-0.05, 0) is 24.2 Å². The van der Waals surface area contributed by atoms with Crippen LogP contribution in [0.15, 0.2) is 17.2 Å². The first-order valence-corrected chi connectivity index (χ1v) is 7.19. The van der Waals surface area contributed by atoms with Crippen LogP contribution in [-0.2, 0) is 11.8 Å². The topological polar surface area (TPSA) is 84.2 Å². The third kappa shape index (κ3) is 5.57. The van der Waals surface area contributed by atoms with Crippen LogP contribution in [-0.4, -0.2) is 27.2 Å². The third-order valence-electron chi connectivity index (χ3n) is 3.73. The first-order valence-electron chi connectivity index (χ1n) is 7.19. The fourth-order valence-electron chi connectivity index (χ4n) is 2.29. The molecule has 118 valence electrons. The van der Waals surface area contributed by atoms with Crippen molar-refractivity contribution >= 4 is 11.8 Å². The highest BCUT2D eigenvalue weighted by Gasteiger charge is 2.24. The van der Waals surface area contributed by atoms with Crippen molar-refractivity contribution in [2.75, 3.05) is 11.9 Å². The Morgan fingerprint density at radius 3 is 2.67 bits per heavy atom. The number of aliphatic carboxylic acids is 1. The molecule has 6 nitrogen and oxygen atoms in total. The summed E-state index contributed by atoms with van der Waals surface area (Å²) >= 11 is 0. The summed E-state index contributed by atoms with van der Waals surface area (Å²) in [6.45, 7) is 6.94. The number of carbonyl (C=O) groups is 1. The van der Waals surface area contributed by atoms with Crippen LogP contribution in [0, 0.1) is 11.3 Å². The average molecular weight is 295 g/mol. The molecule has 1 unspecified atom stereocenters. The van der Waals surface area contributed by atoms with E-state index in [0.29, 0.717) is 18.8 Å². The van der Waals surface area contributed by atoms with Gasteiger partial charge in [0.25, 0.3) is 5.56 Å². The lowest BCUT2D eigenvalue weighted by atomic mass is 9.76. The van der Waals surface area contributed by atoms with E-state index in [4.69, 9.17) is 5.11 Å².